The second-order valence-electron chi connectivity index (χ2n) is 6.59. The average molecular weight is 285 g/mol. The Morgan fingerprint density at radius 2 is 2.24 bits per heavy atom. The van der Waals surface area contributed by atoms with E-state index in [1.54, 1.807) is 0 Å². The molecule has 1 aromatic carbocycles. The summed E-state index contributed by atoms with van der Waals surface area (Å²) in [5.74, 6) is 0.798. The van der Waals surface area contributed by atoms with Crippen molar-refractivity contribution < 1.29 is 4.74 Å². The van der Waals surface area contributed by atoms with E-state index in [2.05, 4.69) is 41.3 Å². The second kappa shape index (κ2) is 5.43. The fourth-order valence-corrected chi connectivity index (χ4v) is 3.47. The van der Waals surface area contributed by atoms with Crippen LogP contribution in [0.2, 0.25) is 0 Å². The summed E-state index contributed by atoms with van der Waals surface area (Å²) >= 11 is 0. The van der Waals surface area contributed by atoms with E-state index >= 15 is 0 Å². The Labute approximate surface area is 125 Å². The standard InChI is InChI=1S/C17H23N3O/c1-12-2-5-16(18-9-12)13-3-4-14-10-20(19-17(14)8-13)15-6-7-21-11-15/h3-4,8,10,12,15-16,18H,2,5-7,9,11H2,1H3. The van der Waals surface area contributed by atoms with Crippen LogP contribution in [-0.2, 0) is 4.74 Å². The van der Waals surface area contributed by atoms with E-state index in [0.717, 1.165) is 37.6 Å². The Kier molecular flexibility index (Phi) is 3.43. The number of rotatable bonds is 2. The molecule has 2 saturated heterocycles. The smallest absolute Gasteiger partial charge is 0.0926 e. The summed E-state index contributed by atoms with van der Waals surface area (Å²) in [5.41, 5.74) is 2.49. The number of fused-ring (bicyclic) bond motifs is 1. The van der Waals surface area contributed by atoms with Gasteiger partial charge in [-0.1, -0.05) is 19.1 Å². The maximum atomic E-state index is 5.47. The molecule has 4 rings (SSSR count). The monoisotopic (exact) mass is 285 g/mol. The van der Waals surface area contributed by atoms with Crippen LogP contribution in [0.3, 0.4) is 0 Å². The summed E-state index contributed by atoms with van der Waals surface area (Å²) in [5, 5.41) is 9.66. The Morgan fingerprint density at radius 3 is 3.00 bits per heavy atom. The summed E-state index contributed by atoms with van der Waals surface area (Å²) < 4.78 is 7.56. The lowest BCUT2D eigenvalue weighted by Crippen LogP contribution is -2.31. The SMILES string of the molecule is CC1CCC(c2ccc3cn(C4CCOC4)nc3c2)NC1. The van der Waals surface area contributed by atoms with Crippen molar-refractivity contribution >= 4 is 10.9 Å². The van der Waals surface area contributed by atoms with Gasteiger partial charge in [0.05, 0.1) is 18.2 Å². The van der Waals surface area contributed by atoms with E-state index in [9.17, 15) is 0 Å². The normalized spacial score (nSPS) is 30.0. The number of hydrogen-bond acceptors (Lipinski definition) is 3. The van der Waals surface area contributed by atoms with E-state index in [1.165, 1.54) is 23.8 Å². The van der Waals surface area contributed by atoms with Crippen molar-refractivity contribution in [3.05, 3.63) is 30.0 Å². The molecule has 4 heteroatoms. The molecule has 0 spiro atoms. The molecule has 1 N–H and O–H groups in total. The zero-order valence-electron chi connectivity index (χ0n) is 12.6. The van der Waals surface area contributed by atoms with Crippen LogP contribution in [0.15, 0.2) is 24.4 Å². The van der Waals surface area contributed by atoms with Gasteiger partial charge in [-0.2, -0.15) is 5.10 Å². The molecular weight excluding hydrogens is 262 g/mol. The van der Waals surface area contributed by atoms with Crippen molar-refractivity contribution in [1.82, 2.24) is 15.1 Å². The fourth-order valence-electron chi connectivity index (χ4n) is 3.47. The zero-order chi connectivity index (χ0) is 14.2. The predicted octanol–water partition coefficient (Wildman–Crippen LogP) is 3.06. The van der Waals surface area contributed by atoms with Gasteiger partial charge >= 0.3 is 0 Å². The van der Waals surface area contributed by atoms with Gasteiger partial charge in [0.2, 0.25) is 0 Å². The first kappa shape index (κ1) is 13.3. The van der Waals surface area contributed by atoms with Crippen LogP contribution in [0.1, 0.15) is 43.8 Å². The molecule has 3 unspecified atom stereocenters. The summed E-state index contributed by atoms with van der Waals surface area (Å²) in [4.78, 5) is 0. The van der Waals surface area contributed by atoms with Crippen LogP contribution in [0.4, 0.5) is 0 Å². The first-order valence-electron chi connectivity index (χ1n) is 8.09. The van der Waals surface area contributed by atoms with Gasteiger partial charge in [0, 0.05) is 24.2 Å². The number of aromatic nitrogens is 2. The Morgan fingerprint density at radius 1 is 1.29 bits per heavy atom. The Bertz CT molecular complexity index is 622. The van der Waals surface area contributed by atoms with Crippen molar-refractivity contribution in [2.75, 3.05) is 19.8 Å². The number of nitrogens with zero attached hydrogens (tertiary/aromatic N) is 2. The lowest BCUT2D eigenvalue weighted by atomic mass is 9.92. The zero-order valence-corrected chi connectivity index (χ0v) is 12.6. The molecule has 4 nitrogen and oxygen atoms in total. The van der Waals surface area contributed by atoms with Gasteiger partial charge in [-0.25, -0.2) is 0 Å². The first-order valence-corrected chi connectivity index (χ1v) is 8.09. The fraction of sp³-hybridized carbons (Fsp3) is 0.588. The highest BCUT2D eigenvalue weighted by atomic mass is 16.5. The molecule has 1 aromatic heterocycles. The molecule has 21 heavy (non-hydrogen) atoms. The maximum absolute atomic E-state index is 5.47. The molecule has 0 bridgehead atoms. The molecule has 2 aromatic rings. The predicted molar refractivity (Wildman–Crippen MR) is 83.3 cm³/mol. The quantitative estimate of drug-likeness (QED) is 0.921. The molecule has 112 valence electrons. The van der Waals surface area contributed by atoms with Gasteiger partial charge < -0.3 is 10.1 Å². The third-order valence-corrected chi connectivity index (χ3v) is 4.89. The van der Waals surface area contributed by atoms with Crippen molar-refractivity contribution in [1.29, 1.82) is 0 Å². The third kappa shape index (κ3) is 2.58. The topological polar surface area (TPSA) is 39.1 Å². The van der Waals surface area contributed by atoms with Crippen molar-refractivity contribution in [3.8, 4) is 0 Å². The van der Waals surface area contributed by atoms with E-state index in [0.29, 0.717) is 12.1 Å². The van der Waals surface area contributed by atoms with Gasteiger partial charge in [-0.05, 0) is 43.4 Å². The van der Waals surface area contributed by atoms with Crippen LogP contribution in [0.5, 0.6) is 0 Å². The molecule has 0 aliphatic carbocycles. The lowest BCUT2D eigenvalue weighted by Gasteiger charge is -2.28. The minimum absolute atomic E-state index is 0.412. The molecule has 0 saturated carbocycles. The molecule has 2 aliphatic rings. The van der Waals surface area contributed by atoms with Crippen LogP contribution >= 0.6 is 0 Å². The van der Waals surface area contributed by atoms with Gasteiger partial charge in [0.25, 0.3) is 0 Å². The number of hydrogen-bond donors (Lipinski definition) is 1. The summed E-state index contributed by atoms with van der Waals surface area (Å²) in [6.45, 7) is 5.09. The summed E-state index contributed by atoms with van der Waals surface area (Å²) in [6, 6.07) is 7.63. The minimum atomic E-state index is 0.412. The van der Waals surface area contributed by atoms with Crippen molar-refractivity contribution in [2.24, 2.45) is 5.92 Å². The Hall–Kier alpha value is -1.39. The van der Waals surface area contributed by atoms with Gasteiger partial charge in [-0.15, -0.1) is 0 Å². The highest BCUT2D eigenvalue weighted by Crippen LogP contribution is 2.28. The van der Waals surface area contributed by atoms with Crippen LogP contribution in [-0.4, -0.2) is 29.5 Å². The van der Waals surface area contributed by atoms with Crippen LogP contribution < -0.4 is 5.32 Å². The van der Waals surface area contributed by atoms with Gasteiger partial charge in [-0.3, -0.25) is 4.68 Å². The van der Waals surface area contributed by atoms with Crippen molar-refractivity contribution in [3.63, 3.8) is 0 Å². The molecule has 3 atom stereocenters. The van der Waals surface area contributed by atoms with E-state index in [-0.39, 0.29) is 0 Å². The van der Waals surface area contributed by atoms with Gasteiger partial charge in [0.1, 0.15) is 0 Å². The summed E-state index contributed by atoms with van der Waals surface area (Å²) in [6.07, 6.45) is 5.77. The molecule has 0 radical (unpaired) electrons. The number of ether oxygens (including phenoxy) is 1. The molecule has 2 aliphatic heterocycles. The first-order chi connectivity index (χ1) is 10.3. The highest BCUT2D eigenvalue weighted by Gasteiger charge is 2.21. The molecule has 3 heterocycles. The second-order valence-corrected chi connectivity index (χ2v) is 6.59. The number of benzene rings is 1. The number of piperidine rings is 1. The van der Waals surface area contributed by atoms with E-state index in [1.807, 2.05) is 0 Å². The third-order valence-electron chi connectivity index (χ3n) is 4.89. The number of nitrogens with one attached hydrogen (secondary N) is 1. The largest absolute Gasteiger partial charge is 0.379 e. The van der Waals surface area contributed by atoms with E-state index in [4.69, 9.17) is 9.84 Å². The average Bonchev–Trinajstić information content (AvgIpc) is 3.16. The van der Waals surface area contributed by atoms with E-state index < -0.39 is 0 Å². The van der Waals surface area contributed by atoms with Crippen LogP contribution in [0, 0.1) is 5.92 Å². The molecular formula is C17H23N3O. The minimum Gasteiger partial charge on any atom is -0.379 e. The summed E-state index contributed by atoms with van der Waals surface area (Å²) in [7, 11) is 0. The maximum Gasteiger partial charge on any atom is 0.0926 e. The Balaban J connectivity index is 1.60. The lowest BCUT2D eigenvalue weighted by molar-refractivity contribution is 0.184. The van der Waals surface area contributed by atoms with Gasteiger partial charge in [0.15, 0.2) is 0 Å². The molecule has 0 amide bonds. The highest BCUT2D eigenvalue weighted by molar-refractivity contribution is 5.78. The molecule has 2 fully saturated rings. The van der Waals surface area contributed by atoms with Crippen LogP contribution in [0.25, 0.3) is 10.9 Å². The van der Waals surface area contributed by atoms with Crippen molar-refractivity contribution in [2.45, 2.75) is 38.3 Å².